The van der Waals surface area contributed by atoms with Gasteiger partial charge in [0.05, 0.1) is 49.5 Å². The van der Waals surface area contributed by atoms with Gasteiger partial charge >= 0.3 is 11.9 Å². The summed E-state index contributed by atoms with van der Waals surface area (Å²) in [7, 11) is 0. The highest BCUT2D eigenvalue weighted by Gasteiger charge is 2.46. The standard InChI is InChI=1S/C20H30O6/c21-19(13-5-7-15-17(11-13)25-15)23-9-3-1-2-4-10-24-20(22)14-6-8-16-18(12-14)26-16/h13-18H,1-12H2. The first-order valence-corrected chi connectivity index (χ1v) is 10.3. The fraction of sp³-hybridized carbons (Fsp3) is 0.900. The van der Waals surface area contributed by atoms with Gasteiger partial charge in [-0.1, -0.05) is 0 Å². The SMILES string of the molecule is O=C(OCCCCCCOC(=O)C1CCC2OC2C1)C1CCC2OC2C1. The predicted octanol–water partition coefficient (Wildman–Crippen LogP) is 2.77. The summed E-state index contributed by atoms with van der Waals surface area (Å²) in [6.07, 6.45) is 10.7. The van der Waals surface area contributed by atoms with Crippen molar-refractivity contribution in [2.24, 2.45) is 11.8 Å². The maximum absolute atomic E-state index is 12.0. The van der Waals surface area contributed by atoms with E-state index < -0.39 is 0 Å². The molecule has 2 heterocycles. The van der Waals surface area contributed by atoms with Crippen molar-refractivity contribution in [3.63, 3.8) is 0 Å². The molecule has 2 aliphatic heterocycles. The second-order valence-corrected chi connectivity index (χ2v) is 8.20. The van der Waals surface area contributed by atoms with Crippen LogP contribution >= 0.6 is 0 Å². The van der Waals surface area contributed by atoms with Crippen LogP contribution in [-0.4, -0.2) is 49.6 Å². The molecule has 0 radical (unpaired) electrons. The quantitative estimate of drug-likeness (QED) is 0.355. The molecule has 4 rings (SSSR count). The number of carbonyl (C=O) groups excluding carboxylic acids is 2. The summed E-state index contributed by atoms with van der Waals surface area (Å²) in [4.78, 5) is 24.0. The lowest BCUT2D eigenvalue weighted by molar-refractivity contribution is -0.150. The molecule has 0 aromatic carbocycles. The summed E-state index contributed by atoms with van der Waals surface area (Å²) in [6.45, 7) is 0.989. The number of fused-ring (bicyclic) bond motifs is 2. The van der Waals surface area contributed by atoms with Crippen molar-refractivity contribution in [1.29, 1.82) is 0 Å². The van der Waals surface area contributed by atoms with E-state index in [2.05, 4.69) is 0 Å². The number of hydrogen-bond donors (Lipinski definition) is 0. The van der Waals surface area contributed by atoms with E-state index in [1.807, 2.05) is 0 Å². The molecule has 0 aromatic heterocycles. The van der Waals surface area contributed by atoms with Gasteiger partial charge in [0.25, 0.3) is 0 Å². The monoisotopic (exact) mass is 366 g/mol. The molecule has 0 spiro atoms. The lowest BCUT2D eigenvalue weighted by atomic mass is 9.89. The number of epoxide rings is 2. The minimum Gasteiger partial charge on any atom is -0.465 e. The molecule has 6 heteroatoms. The molecule has 2 aliphatic carbocycles. The second-order valence-electron chi connectivity index (χ2n) is 8.20. The molecule has 0 amide bonds. The molecule has 2 saturated heterocycles. The molecule has 4 fully saturated rings. The number of carbonyl (C=O) groups is 2. The highest BCUT2D eigenvalue weighted by atomic mass is 16.6. The number of esters is 2. The fourth-order valence-electron chi connectivity index (χ4n) is 4.38. The van der Waals surface area contributed by atoms with E-state index >= 15 is 0 Å². The van der Waals surface area contributed by atoms with Crippen LogP contribution in [0.4, 0.5) is 0 Å². The molecule has 6 unspecified atom stereocenters. The topological polar surface area (TPSA) is 77.7 Å². The van der Waals surface area contributed by atoms with Gasteiger partial charge in [0.1, 0.15) is 0 Å². The molecule has 26 heavy (non-hydrogen) atoms. The molecular formula is C20H30O6. The summed E-state index contributed by atoms with van der Waals surface area (Å²) < 4.78 is 21.7. The van der Waals surface area contributed by atoms with E-state index in [-0.39, 0.29) is 23.8 Å². The fourth-order valence-corrected chi connectivity index (χ4v) is 4.38. The Morgan fingerprint density at radius 3 is 1.54 bits per heavy atom. The van der Waals surface area contributed by atoms with Crippen LogP contribution in [0.3, 0.4) is 0 Å². The van der Waals surface area contributed by atoms with Gasteiger partial charge in [0.2, 0.25) is 0 Å². The van der Waals surface area contributed by atoms with Gasteiger partial charge in [-0.05, 0) is 64.2 Å². The van der Waals surface area contributed by atoms with Crippen LogP contribution in [0.2, 0.25) is 0 Å². The van der Waals surface area contributed by atoms with Crippen LogP contribution in [0, 0.1) is 11.8 Å². The highest BCUT2D eigenvalue weighted by molar-refractivity contribution is 5.73. The van der Waals surface area contributed by atoms with Gasteiger partial charge in [-0.3, -0.25) is 9.59 Å². The predicted molar refractivity (Wildman–Crippen MR) is 92.4 cm³/mol. The van der Waals surface area contributed by atoms with Crippen LogP contribution in [0.5, 0.6) is 0 Å². The minimum atomic E-state index is -0.0535. The molecule has 2 saturated carbocycles. The zero-order valence-corrected chi connectivity index (χ0v) is 15.4. The Kier molecular flexibility index (Phi) is 5.79. The van der Waals surface area contributed by atoms with Crippen LogP contribution in [-0.2, 0) is 28.5 Å². The molecule has 0 aromatic rings. The van der Waals surface area contributed by atoms with E-state index in [1.165, 1.54) is 0 Å². The first kappa shape index (κ1) is 18.2. The van der Waals surface area contributed by atoms with E-state index in [9.17, 15) is 9.59 Å². The highest BCUT2D eigenvalue weighted by Crippen LogP contribution is 2.40. The van der Waals surface area contributed by atoms with Gasteiger partial charge in [0.15, 0.2) is 0 Å². The zero-order chi connectivity index (χ0) is 17.9. The van der Waals surface area contributed by atoms with Gasteiger partial charge in [0, 0.05) is 0 Å². The second kappa shape index (κ2) is 8.26. The number of ether oxygens (including phenoxy) is 4. The van der Waals surface area contributed by atoms with Crippen LogP contribution in [0.25, 0.3) is 0 Å². The van der Waals surface area contributed by atoms with Crippen molar-refractivity contribution in [2.75, 3.05) is 13.2 Å². The third-order valence-corrected chi connectivity index (χ3v) is 6.20. The van der Waals surface area contributed by atoms with Crippen LogP contribution in [0.15, 0.2) is 0 Å². The van der Waals surface area contributed by atoms with Gasteiger partial charge in [-0.15, -0.1) is 0 Å². The molecule has 4 aliphatic rings. The summed E-state index contributed by atoms with van der Waals surface area (Å²) in [5.41, 5.74) is 0. The van der Waals surface area contributed by atoms with Crippen molar-refractivity contribution in [1.82, 2.24) is 0 Å². The zero-order valence-electron chi connectivity index (χ0n) is 15.4. The number of unbranched alkanes of at least 4 members (excludes halogenated alkanes) is 3. The summed E-state index contributed by atoms with van der Waals surface area (Å²) >= 11 is 0. The van der Waals surface area contributed by atoms with E-state index in [0.29, 0.717) is 37.6 Å². The average molecular weight is 366 g/mol. The Hall–Kier alpha value is -1.14. The largest absolute Gasteiger partial charge is 0.465 e. The van der Waals surface area contributed by atoms with Crippen molar-refractivity contribution < 1.29 is 28.5 Å². The van der Waals surface area contributed by atoms with Crippen molar-refractivity contribution in [3.8, 4) is 0 Å². The van der Waals surface area contributed by atoms with Crippen LogP contribution < -0.4 is 0 Å². The van der Waals surface area contributed by atoms with Crippen molar-refractivity contribution in [2.45, 2.75) is 88.6 Å². The maximum atomic E-state index is 12.0. The summed E-state index contributed by atoms with van der Waals surface area (Å²) in [6, 6.07) is 0. The molecule has 0 bridgehead atoms. The number of rotatable bonds is 9. The number of hydrogen-bond acceptors (Lipinski definition) is 6. The normalized spacial score (nSPS) is 37.2. The third-order valence-electron chi connectivity index (χ3n) is 6.20. The van der Waals surface area contributed by atoms with Crippen LogP contribution in [0.1, 0.15) is 64.2 Å². The summed E-state index contributed by atoms with van der Waals surface area (Å²) in [5, 5.41) is 0. The molecule has 0 N–H and O–H groups in total. The van der Waals surface area contributed by atoms with Crippen molar-refractivity contribution in [3.05, 3.63) is 0 Å². The van der Waals surface area contributed by atoms with Gasteiger partial charge in [-0.25, -0.2) is 0 Å². The lowest BCUT2D eigenvalue weighted by Gasteiger charge is -2.17. The smallest absolute Gasteiger partial charge is 0.309 e. The van der Waals surface area contributed by atoms with Gasteiger partial charge < -0.3 is 18.9 Å². The third kappa shape index (κ3) is 4.77. The van der Waals surface area contributed by atoms with E-state index in [4.69, 9.17) is 18.9 Å². The first-order valence-electron chi connectivity index (χ1n) is 10.3. The van der Waals surface area contributed by atoms with Gasteiger partial charge in [-0.2, -0.15) is 0 Å². The molecule has 6 atom stereocenters. The van der Waals surface area contributed by atoms with E-state index in [0.717, 1.165) is 64.2 Å². The Balaban J connectivity index is 0.974. The Morgan fingerprint density at radius 2 is 1.12 bits per heavy atom. The molecule has 146 valence electrons. The molecule has 6 nitrogen and oxygen atoms in total. The minimum absolute atomic E-state index is 0.0364. The first-order chi connectivity index (χ1) is 12.7. The molecular weight excluding hydrogens is 336 g/mol. The lowest BCUT2D eigenvalue weighted by Crippen LogP contribution is -2.24. The average Bonchev–Trinajstić information content (AvgIpc) is 3.55. The van der Waals surface area contributed by atoms with E-state index in [1.54, 1.807) is 0 Å². The Labute approximate surface area is 154 Å². The van der Waals surface area contributed by atoms with Crippen molar-refractivity contribution >= 4 is 11.9 Å². The summed E-state index contributed by atoms with van der Waals surface area (Å²) in [5.74, 6) is -0.0342. The Morgan fingerprint density at radius 1 is 0.654 bits per heavy atom. The maximum Gasteiger partial charge on any atom is 0.309 e. The Bertz CT molecular complexity index is 474.